The van der Waals surface area contributed by atoms with Crippen molar-refractivity contribution in [2.45, 2.75) is 77.3 Å². The first-order valence-electron chi connectivity index (χ1n) is 8.34. The van der Waals surface area contributed by atoms with E-state index in [4.69, 9.17) is 5.73 Å². The fourth-order valence-electron chi connectivity index (χ4n) is 3.52. The highest BCUT2D eigenvalue weighted by atomic mass is 16.1. The molecule has 0 aliphatic heterocycles. The van der Waals surface area contributed by atoms with E-state index in [0.717, 1.165) is 37.8 Å². The molecule has 1 aromatic heterocycles. The number of carbonyl (C=O) groups excluding carboxylic acids is 1. The smallest absolute Gasteiger partial charge is 0.158 e. The zero-order chi connectivity index (χ0) is 15.5. The monoisotopic (exact) mass is 291 g/mol. The molecule has 1 fully saturated rings. The van der Waals surface area contributed by atoms with Gasteiger partial charge in [-0.2, -0.15) is 5.10 Å². The Hall–Kier alpha value is -1.16. The lowest BCUT2D eigenvalue weighted by molar-refractivity contribution is -0.125. The SMILES string of the molecule is CCC(CC)n1ccc(CC(=O)C2(N)CCCC(C)C2)n1. The van der Waals surface area contributed by atoms with Crippen molar-refractivity contribution in [1.82, 2.24) is 9.78 Å². The van der Waals surface area contributed by atoms with Gasteiger partial charge in [0.15, 0.2) is 5.78 Å². The second-order valence-corrected chi connectivity index (χ2v) is 6.72. The van der Waals surface area contributed by atoms with E-state index in [2.05, 4.69) is 25.9 Å². The molecule has 0 aromatic carbocycles. The number of carbonyl (C=O) groups is 1. The highest BCUT2D eigenvalue weighted by Crippen LogP contribution is 2.31. The maximum absolute atomic E-state index is 12.6. The molecule has 1 saturated carbocycles. The zero-order valence-electron chi connectivity index (χ0n) is 13.6. The van der Waals surface area contributed by atoms with Crippen molar-refractivity contribution in [2.75, 3.05) is 0 Å². The quantitative estimate of drug-likeness (QED) is 0.875. The zero-order valence-corrected chi connectivity index (χ0v) is 13.6. The van der Waals surface area contributed by atoms with Crippen LogP contribution in [-0.2, 0) is 11.2 Å². The van der Waals surface area contributed by atoms with Crippen LogP contribution < -0.4 is 5.73 Å². The summed E-state index contributed by atoms with van der Waals surface area (Å²) in [6.07, 6.45) is 8.38. The third-order valence-electron chi connectivity index (χ3n) is 4.91. The van der Waals surface area contributed by atoms with Gasteiger partial charge in [0.1, 0.15) is 0 Å². The molecular formula is C17H29N3O. The van der Waals surface area contributed by atoms with Crippen LogP contribution in [0.4, 0.5) is 0 Å². The standard InChI is InChI=1S/C17H29N3O/c1-4-15(5-2)20-10-8-14(19-20)11-16(21)17(18)9-6-7-13(3)12-17/h8,10,13,15H,4-7,9,11-12,18H2,1-3H3. The second-order valence-electron chi connectivity index (χ2n) is 6.72. The minimum atomic E-state index is -0.629. The minimum absolute atomic E-state index is 0.156. The molecule has 0 spiro atoms. The summed E-state index contributed by atoms with van der Waals surface area (Å²) in [6, 6.07) is 2.39. The van der Waals surface area contributed by atoms with Crippen LogP contribution in [0.1, 0.15) is 71.0 Å². The molecule has 2 atom stereocenters. The molecule has 21 heavy (non-hydrogen) atoms. The Bertz CT molecular complexity index is 478. The van der Waals surface area contributed by atoms with Gasteiger partial charge in [0.05, 0.1) is 23.7 Å². The second kappa shape index (κ2) is 6.73. The van der Waals surface area contributed by atoms with Gasteiger partial charge in [-0.15, -0.1) is 0 Å². The summed E-state index contributed by atoms with van der Waals surface area (Å²) in [5.41, 5.74) is 6.60. The summed E-state index contributed by atoms with van der Waals surface area (Å²) < 4.78 is 2.00. The number of nitrogens with two attached hydrogens (primary N) is 1. The Morgan fingerprint density at radius 1 is 1.52 bits per heavy atom. The molecule has 1 aliphatic carbocycles. The average molecular weight is 291 g/mol. The molecule has 1 aromatic rings. The van der Waals surface area contributed by atoms with Crippen molar-refractivity contribution in [1.29, 1.82) is 0 Å². The predicted octanol–water partition coefficient (Wildman–Crippen LogP) is 3.26. The Labute approximate surface area is 128 Å². The molecule has 2 unspecified atom stereocenters. The normalized spacial score (nSPS) is 26.2. The van der Waals surface area contributed by atoms with Crippen molar-refractivity contribution in [3.63, 3.8) is 0 Å². The first-order valence-corrected chi connectivity index (χ1v) is 8.34. The van der Waals surface area contributed by atoms with Gasteiger partial charge < -0.3 is 5.73 Å². The van der Waals surface area contributed by atoms with Crippen LogP contribution in [0.2, 0.25) is 0 Å². The van der Waals surface area contributed by atoms with E-state index >= 15 is 0 Å². The number of hydrogen-bond acceptors (Lipinski definition) is 3. The van der Waals surface area contributed by atoms with E-state index in [1.165, 1.54) is 6.42 Å². The van der Waals surface area contributed by atoms with Crippen molar-refractivity contribution in [3.05, 3.63) is 18.0 Å². The molecule has 2 N–H and O–H groups in total. The first kappa shape index (κ1) is 16.2. The first-order chi connectivity index (χ1) is 9.98. The average Bonchev–Trinajstić information content (AvgIpc) is 2.88. The molecule has 0 saturated heterocycles. The van der Waals surface area contributed by atoms with Crippen LogP contribution in [0.3, 0.4) is 0 Å². The Kier molecular flexibility index (Phi) is 5.20. The van der Waals surface area contributed by atoms with E-state index in [9.17, 15) is 4.79 Å². The number of aromatic nitrogens is 2. The third-order valence-corrected chi connectivity index (χ3v) is 4.91. The molecule has 0 amide bonds. The molecule has 0 bridgehead atoms. The van der Waals surface area contributed by atoms with Crippen molar-refractivity contribution < 1.29 is 4.79 Å². The van der Waals surface area contributed by atoms with Crippen LogP contribution in [0, 0.1) is 5.92 Å². The van der Waals surface area contributed by atoms with Gasteiger partial charge in [0.25, 0.3) is 0 Å². The molecule has 0 radical (unpaired) electrons. The van der Waals surface area contributed by atoms with E-state index in [-0.39, 0.29) is 5.78 Å². The molecular weight excluding hydrogens is 262 g/mol. The summed E-state index contributed by atoms with van der Waals surface area (Å²) in [7, 11) is 0. The molecule has 1 aliphatic rings. The summed E-state index contributed by atoms with van der Waals surface area (Å²) in [6.45, 7) is 6.52. The fourth-order valence-corrected chi connectivity index (χ4v) is 3.52. The van der Waals surface area contributed by atoms with Crippen molar-refractivity contribution in [2.24, 2.45) is 11.7 Å². The van der Waals surface area contributed by atoms with Crippen LogP contribution in [-0.4, -0.2) is 21.1 Å². The molecule has 2 rings (SSSR count). The van der Waals surface area contributed by atoms with E-state index in [1.54, 1.807) is 0 Å². The van der Waals surface area contributed by atoms with Gasteiger partial charge in [0, 0.05) is 6.20 Å². The number of hydrogen-bond donors (Lipinski definition) is 1. The van der Waals surface area contributed by atoms with Gasteiger partial charge in [-0.05, 0) is 37.7 Å². The Balaban J connectivity index is 2.02. The van der Waals surface area contributed by atoms with Gasteiger partial charge in [-0.25, -0.2) is 0 Å². The molecule has 4 nitrogen and oxygen atoms in total. The minimum Gasteiger partial charge on any atom is -0.319 e. The van der Waals surface area contributed by atoms with E-state index < -0.39 is 5.54 Å². The Morgan fingerprint density at radius 2 is 2.24 bits per heavy atom. The molecule has 1 heterocycles. The summed E-state index contributed by atoms with van der Waals surface area (Å²) in [5.74, 6) is 0.707. The van der Waals surface area contributed by atoms with Crippen LogP contribution in [0.5, 0.6) is 0 Å². The third kappa shape index (κ3) is 3.73. The summed E-state index contributed by atoms with van der Waals surface area (Å²) in [5, 5.41) is 4.58. The Morgan fingerprint density at radius 3 is 2.86 bits per heavy atom. The predicted molar refractivity (Wildman–Crippen MR) is 85.1 cm³/mol. The summed E-state index contributed by atoms with van der Waals surface area (Å²) >= 11 is 0. The number of Topliss-reactive ketones (excluding diaryl/α,β-unsaturated/α-hetero) is 1. The van der Waals surface area contributed by atoms with Crippen LogP contribution in [0.25, 0.3) is 0 Å². The fraction of sp³-hybridized carbons (Fsp3) is 0.765. The highest BCUT2D eigenvalue weighted by Gasteiger charge is 2.37. The van der Waals surface area contributed by atoms with E-state index in [1.807, 2.05) is 16.9 Å². The maximum Gasteiger partial charge on any atom is 0.158 e. The lowest BCUT2D eigenvalue weighted by atomic mass is 9.74. The lowest BCUT2D eigenvalue weighted by Gasteiger charge is -2.35. The van der Waals surface area contributed by atoms with Gasteiger partial charge in [-0.1, -0.05) is 33.6 Å². The number of rotatable bonds is 6. The van der Waals surface area contributed by atoms with Crippen molar-refractivity contribution >= 4 is 5.78 Å². The topological polar surface area (TPSA) is 60.9 Å². The molecule has 118 valence electrons. The van der Waals surface area contributed by atoms with Crippen LogP contribution in [0.15, 0.2) is 12.3 Å². The van der Waals surface area contributed by atoms with E-state index in [0.29, 0.717) is 18.4 Å². The van der Waals surface area contributed by atoms with Crippen molar-refractivity contribution in [3.8, 4) is 0 Å². The number of ketones is 1. The van der Waals surface area contributed by atoms with Crippen LogP contribution >= 0.6 is 0 Å². The maximum atomic E-state index is 12.6. The van der Waals surface area contributed by atoms with Gasteiger partial charge >= 0.3 is 0 Å². The van der Waals surface area contributed by atoms with Gasteiger partial charge in [-0.3, -0.25) is 9.48 Å². The summed E-state index contributed by atoms with van der Waals surface area (Å²) in [4.78, 5) is 12.6. The van der Waals surface area contributed by atoms with Gasteiger partial charge in [0.2, 0.25) is 0 Å². The highest BCUT2D eigenvalue weighted by molar-refractivity contribution is 5.89. The number of nitrogens with zero attached hydrogens (tertiary/aromatic N) is 2. The largest absolute Gasteiger partial charge is 0.319 e. The lowest BCUT2D eigenvalue weighted by Crippen LogP contribution is -2.51. The molecule has 4 heteroatoms.